The van der Waals surface area contributed by atoms with Gasteiger partial charge in [0, 0.05) is 5.69 Å². The largest absolute Gasteiger partial charge is 0.399 e. The van der Waals surface area contributed by atoms with Crippen molar-refractivity contribution in [1.82, 2.24) is 0 Å². The third kappa shape index (κ3) is 2.17. The second kappa shape index (κ2) is 3.87. The molecular formula is C9H8F2N2. The second-order valence-corrected chi connectivity index (χ2v) is 2.37. The van der Waals surface area contributed by atoms with Gasteiger partial charge in [0.1, 0.15) is 11.6 Å². The van der Waals surface area contributed by atoms with Crippen molar-refractivity contribution in [3.05, 3.63) is 29.3 Å². The Morgan fingerprint density at radius 1 is 1.23 bits per heavy atom. The minimum atomic E-state index is -0.765. The second-order valence-electron chi connectivity index (χ2n) is 2.37. The van der Waals surface area contributed by atoms with E-state index in [1.165, 1.54) is 0 Å². The minimum Gasteiger partial charge on any atom is -0.399 e. The lowest BCUT2D eigenvalue weighted by molar-refractivity contribution is 0.578. The average molecular weight is 182 g/mol. The van der Waals surface area contributed by atoms with E-state index < -0.39 is 11.6 Å². The molecule has 1 aromatic carbocycles. The SMILES string of the molecule is NCC#Cc1c(F)cc(N)cc1F. The average Bonchev–Trinajstić information content (AvgIpc) is 2.02. The van der Waals surface area contributed by atoms with Gasteiger partial charge >= 0.3 is 0 Å². The number of nitrogens with two attached hydrogens (primary N) is 2. The highest BCUT2D eigenvalue weighted by Gasteiger charge is 2.06. The van der Waals surface area contributed by atoms with Crippen molar-refractivity contribution >= 4 is 5.69 Å². The molecule has 0 fully saturated rings. The lowest BCUT2D eigenvalue weighted by Gasteiger charge is -1.98. The van der Waals surface area contributed by atoms with Crippen molar-refractivity contribution < 1.29 is 8.78 Å². The summed E-state index contributed by atoms with van der Waals surface area (Å²) in [5, 5.41) is 0. The molecular weight excluding hydrogens is 174 g/mol. The van der Waals surface area contributed by atoms with Gasteiger partial charge in [-0.2, -0.15) is 0 Å². The molecule has 0 aliphatic carbocycles. The Balaban J connectivity index is 3.21. The number of hydrogen-bond donors (Lipinski definition) is 2. The van der Waals surface area contributed by atoms with E-state index >= 15 is 0 Å². The summed E-state index contributed by atoms with van der Waals surface area (Å²) < 4.78 is 25.9. The van der Waals surface area contributed by atoms with E-state index in [-0.39, 0.29) is 17.8 Å². The Hall–Kier alpha value is -1.60. The van der Waals surface area contributed by atoms with Gasteiger partial charge in [-0.3, -0.25) is 0 Å². The van der Waals surface area contributed by atoms with Gasteiger partial charge in [0.2, 0.25) is 0 Å². The van der Waals surface area contributed by atoms with Crippen LogP contribution in [-0.4, -0.2) is 6.54 Å². The summed E-state index contributed by atoms with van der Waals surface area (Å²) in [6.45, 7) is 0.0588. The molecule has 0 saturated carbocycles. The molecule has 4 heteroatoms. The van der Waals surface area contributed by atoms with Crippen LogP contribution < -0.4 is 11.5 Å². The fourth-order valence-corrected chi connectivity index (χ4v) is 0.852. The van der Waals surface area contributed by atoms with Crippen LogP contribution in [0.2, 0.25) is 0 Å². The molecule has 0 aliphatic heterocycles. The van der Waals surface area contributed by atoms with Crippen molar-refractivity contribution in [2.75, 3.05) is 12.3 Å². The smallest absolute Gasteiger partial charge is 0.143 e. The van der Waals surface area contributed by atoms with Gasteiger partial charge in [-0.1, -0.05) is 11.8 Å². The highest BCUT2D eigenvalue weighted by atomic mass is 19.1. The van der Waals surface area contributed by atoms with E-state index in [0.29, 0.717) is 0 Å². The summed E-state index contributed by atoms with van der Waals surface area (Å²) in [6.07, 6.45) is 0. The molecule has 0 aliphatic rings. The first kappa shape index (κ1) is 9.49. The molecule has 0 spiro atoms. The summed E-state index contributed by atoms with van der Waals surface area (Å²) in [4.78, 5) is 0. The number of benzene rings is 1. The zero-order valence-corrected chi connectivity index (χ0v) is 6.77. The molecule has 1 aromatic rings. The van der Waals surface area contributed by atoms with Gasteiger partial charge in [0.15, 0.2) is 0 Å². The van der Waals surface area contributed by atoms with E-state index in [2.05, 4.69) is 11.8 Å². The standard InChI is InChI=1S/C9H8F2N2/c10-8-4-6(13)5-9(11)7(8)2-1-3-12/h4-5H,3,12-13H2. The van der Waals surface area contributed by atoms with Crippen LogP contribution in [0.1, 0.15) is 5.56 Å². The van der Waals surface area contributed by atoms with Gasteiger partial charge < -0.3 is 11.5 Å². The Kier molecular flexibility index (Phi) is 2.83. The zero-order valence-electron chi connectivity index (χ0n) is 6.77. The summed E-state index contributed by atoms with van der Waals surface area (Å²) in [5.74, 6) is 3.12. The van der Waals surface area contributed by atoms with Crippen molar-refractivity contribution in [3.8, 4) is 11.8 Å². The van der Waals surface area contributed by atoms with Gasteiger partial charge in [0.05, 0.1) is 12.1 Å². The zero-order chi connectivity index (χ0) is 9.84. The summed E-state index contributed by atoms with van der Waals surface area (Å²) in [7, 11) is 0. The normalized spacial score (nSPS) is 9.15. The molecule has 0 atom stereocenters. The quantitative estimate of drug-likeness (QED) is 0.461. The van der Waals surface area contributed by atoms with E-state index in [1.807, 2.05) is 0 Å². The number of halogens is 2. The van der Waals surface area contributed by atoms with Crippen LogP contribution in [0.25, 0.3) is 0 Å². The molecule has 0 aromatic heterocycles. The number of anilines is 1. The van der Waals surface area contributed by atoms with Crippen LogP contribution in [-0.2, 0) is 0 Å². The number of rotatable bonds is 0. The molecule has 2 nitrogen and oxygen atoms in total. The number of nitrogen functional groups attached to an aromatic ring is 1. The van der Waals surface area contributed by atoms with E-state index in [9.17, 15) is 8.78 Å². The monoisotopic (exact) mass is 182 g/mol. The molecule has 0 unspecified atom stereocenters. The first-order valence-corrected chi connectivity index (χ1v) is 3.58. The molecule has 0 radical (unpaired) electrons. The molecule has 4 N–H and O–H groups in total. The molecule has 0 saturated heterocycles. The van der Waals surface area contributed by atoms with Crippen LogP contribution in [0.15, 0.2) is 12.1 Å². The lowest BCUT2D eigenvalue weighted by Crippen LogP contribution is -1.97. The Labute approximate surface area is 74.5 Å². The van der Waals surface area contributed by atoms with E-state index in [1.54, 1.807) is 0 Å². The Morgan fingerprint density at radius 3 is 2.23 bits per heavy atom. The summed E-state index contributed by atoms with van der Waals surface area (Å²) in [6, 6.07) is 2.03. The molecule has 1 rings (SSSR count). The molecule has 0 bridgehead atoms. The van der Waals surface area contributed by atoms with Crippen molar-refractivity contribution in [2.45, 2.75) is 0 Å². The fourth-order valence-electron chi connectivity index (χ4n) is 0.852. The number of hydrogen-bond acceptors (Lipinski definition) is 2. The van der Waals surface area contributed by atoms with Gasteiger partial charge in [-0.05, 0) is 12.1 Å². The van der Waals surface area contributed by atoms with Crippen LogP contribution in [0.4, 0.5) is 14.5 Å². The Bertz CT molecular complexity index is 354. The molecule has 13 heavy (non-hydrogen) atoms. The minimum absolute atomic E-state index is 0.0355. The topological polar surface area (TPSA) is 52.0 Å². The van der Waals surface area contributed by atoms with Crippen molar-refractivity contribution in [3.63, 3.8) is 0 Å². The van der Waals surface area contributed by atoms with Crippen LogP contribution >= 0.6 is 0 Å². The maximum atomic E-state index is 13.0. The summed E-state index contributed by atoms with van der Waals surface area (Å²) >= 11 is 0. The maximum Gasteiger partial charge on any atom is 0.143 e. The van der Waals surface area contributed by atoms with Crippen molar-refractivity contribution in [1.29, 1.82) is 0 Å². The van der Waals surface area contributed by atoms with Gasteiger partial charge in [-0.15, -0.1) is 0 Å². The third-order valence-corrected chi connectivity index (χ3v) is 1.38. The third-order valence-electron chi connectivity index (χ3n) is 1.38. The first-order valence-electron chi connectivity index (χ1n) is 3.58. The predicted molar refractivity (Wildman–Crippen MR) is 46.7 cm³/mol. The Morgan fingerprint density at radius 2 is 1.77 bits per heavy atom. The molecule has 0 heterocycles. The molecule has 0 amide bonds. The van der Waals surface area contributed by atoms with E-state index in [0.717, 1.165) is 12.1 Å². The highest BCUT2D eigenvalue weighted by Crippen LogP contribution is 2.15. The summed E-state index contributed by atoms with van der Waals surface area (Å²) in [5.41, 5.74) is 10.0. The first-order chi connectivity index (χ1) is 6.15. The van der Waals surface area contributed by atoms with Crippen LogP contribution in [0, 0.1) is 23.5 Å². The van der Waals surface area contributed by atoms with E-state index in [4.69, 9.17) is 11.5 Å². The lowest BCUT2D eigenvalue weighted by atomic mass is 10.2. The van der Waals surface area contributed by atoms with Crippen LogP contribution in [0.5, 0.6) is 0 Å². The highest BCUT2D eigenvalue weighted by molar-refractivity contribution is 5.47. The predicted octanol–water partition coefficient (Wildman–Crippen LogP) is 0.857. The van der Waals surface area contributed by atoms with Crippen molar-refractivity contribution in [2.24, 2.45) is 5.73 Å². The van der Waals surface area contributed by atoms with Gasteiger partial charge in [-0.25, -0.2) is 8.78 Å². The molecule has 68 valence electrons. The fraction of sp³-hybridized carbons (Fsp3) is 0.111. The maximum absolute atomic E-state index is 13.0. The van der Waals surface area contributed by atoms with Gasteiger partial charge in [0.25, 0.3) is 0 Å². The van der Waals surface area contributed by atoms with Crippen LogP contribution in [0.3, 0.4) is 0 Å².